The molecule has 0 saturated carbocycles. The normalized spacial score (nSPS) is 14.5. The largest absolute Gasteiger partial charge is 0.497 e. The van der Waals surface area contributed by atoms with Crippen LogP contribution in [0.15, 0.2) is 53.4 Å². The SMILES string of the molecule is CCCC(NCC)Oc1ccc(CC(C)(C(N)=O)S(=O)(=O)c2ccc(OC)cc2)cc1. The standard InChI is InChI=1S/C23H32N2O5S/c1-5-7-21(25-6-2)30-19-10-8-17(9-11-19)16-23(3,22(24)26)31(27,28)20-14-12-18(29-4)13-15-20/h8-15,21,25H,5-7,16H2,1-4H3,(H2,24,26). The van der Waals surface area contributed by atoms with Crippen LogP contribution in [0.1, 0.15) is 39.2 Å². The summed E-state index contributed by atoms with van der Waals surface area (Å²) in [6.45, 7) is 6.26. The molecule has 170 valence electrons. The summed E-state index contributed by atoms with van der Waals surface area (Å²) in [7, 11) is -2.54. The van der Waals surface area contributed by atoms with Gasteiger partial charge in [0, 0.05) is 6.42 Å². The molecule has 0 aliphatic carbocycles. The number of primary amides is 1. The highest BCUT2D eigenvalue weighted by Gasteiger charge is 2.46. The van der Waals surface area contributed by atoms with Crippen molar-refractivity contribution < 1.29 is 22.7 Å². The van der Waals surface area contributed by atoms with E-state index in [0.29, 0.717) is 17.1 Å². The van der Waals surface area contributed by atoms with E-state index in [2.05, 4.69) is 12.2 Å². The van der Waals surface area contributed by atoms with Gasteiger partial charge in [-0.3, -0.25) is 10.1 Å². The van der Waals surface area contributed by atoms with Gasteiger partial charge in [-0.25, -0.2) is 8.42 Å². The molecule has 0 aromatic heterocycles. The summed E-state index contributed by atoms with van der Waals surface area (Å²) in [5.41, 5.74) is 6.25. The van der Waals surface area contributed by atoms with Gasteiger partial charge in [0.15, 0.2) is 14.6 Å². The average Bonchev–Trinajstić information content (AvgIpc) is 2.75. The van der Waals surface area contributed by atoms with Crippen molar-refractivity contribution in [2.45, 2.75) is 55.9 Å². The molecule has 0 aliphatic heterocycles. The summed E-state index contributed by atoms with van der Waals surface area (Å²) >= 11 is 0. The topological polar surface area (TPSA) is 108 Å². The lowest BCUT2D eigenvalue weighted by molar-refractivity contribution is -0.120. The molecule has 2 aromatic carbocycles. The van der Waals surface area contributed by atoms with Gasteiger partial charge in [-0.1, -0.05) is 32.4 Å². The Balaban J connectivity index is 2.26. The number of nitrogens with two attached hydrogens (primary N) is 1. The van der Waals surface area contributed by atoms with Crippen LogP contribution in [0, 0.1) is 0 Å². The summed E-state index contributed by atoms with van der Waals surface area (Å²) in [6.07, 6.45) is 1.71. The van der Waals surface area contributed by atoms with Crippen LogP contribution in [0.25, 0.3) is 0 Å². The van der Waals surface area contributed by atoms with Crippen LogP contribution in [-0.4, -0.2) is 39.0 Å². The molecule has 0 radical (unpaired) electrons. The van der Waals surface area contributed by atoms with Crippen LogP contribution >= 0.6 is 0 Å². The third-order valence-corrected chi connectivity index (χ3v) is 7.63. The van der Waals surface area contributed by atoms with Crippen LogP contribution in [0.3, 0.4) is 0 Å². The Hall–Kier alpha value is -2.58. The number of carbonyl (C=O) groups is 1. The second-order valence-electron chi connectivity index (χ2n) is 7.55. The van der Waals surface area contributed by atoms with Crippen LogP contribution in [0.5, 0.6) is 11.5 Å². The van der Waals surface area contributed by atoms with E-state index in [-0.39, 0.29) is 17.5 Å². The van der Waals surface area contributed by atoms with Crippen molar-refractivity contribution in [3.63, 3.8) is 0 Å². The van der Waals surface area contributed by atoms with Gasteiger partial charge in [-0.2, -0.15) is 0 Å². The number of amides is 1. The van der Waals surface area contributed by atoms with Gasteiger partial charge in [0.05, 0.1) is 12.0 Å². The third-order valence-electron chi connectivity index (χ3n) is 5.21. The molecule has 3 N–H and O–H groups in total. The summed E-state index contributed by atoms with van der Waals surface area (Å²) in [6, 6.07) is 13.0. The molecule has 2 rings (SSSR count). The van der Waals surface area contributed by atoms with E-state index in [1.165, 1.54) is 38.3 Å². The lowest BCUT2D eigenvalue weighted by atomic mass is 9.99. The van der Waals surface area contributed by atoms with Gasteiger partial charge < -0.3 is 15.2 Å². The first-order valence-electron chi connectivity index (χ1n) is 10.4. The Morgan fingerprint density at radius 1 is 1.06 bits per heavy atom. The highest BCUT2D eigenvalue weighted by molar-refractivity contribution is 7.93. The van der Waals surface area contributed by atoms with Crippen molar-refractivity contribution in [3.8, 4) is 11.5 Å². The number of carbonyl (C=O) groups excluding carboxylic acids is 1. The van der Waals surface area contributed by atoms with Gasteiger partial charge in [0.25, 0.3) is 0 Å². The zero-order valence-electron chi connectivity index (χ0n) is 18.6. The lowest BCUT2D eigenvalue weighted by Crippen LogP contribution is -2.49. The first kappa shape index (κ1) is 24.7. The first-order chi connectivity index (χ1) is 14.7. The lowest BCUT2D eigenvalue weighted by Gasteiger charge is -2.26. The van der Waals surface area contributed by atoms with Crippen molar-refractivity contribution in [1.29, 1.82) is 0 Å². The van der Waals surface area contributed by atoms with E-state index < -0.39 is 20.5 Å². The Bertz CT molecular complexity index is 952. The second kappa shape index (κ2) is 10.6. The summed E-state index contributed by atoms with van der Waals surface area (Å²) in [4.78, 5) is 12.3. The van der Waals surface area contributed by atoms with E-state index in [4.69, 9.17) is 15.2 Å². The minimum atomic E-state index is -4.04. The Morgan fingerprint density at radius 2 is 1.65 bits per heavy atom. The number of nitrogens with one attached hydrogen (secondary N) is 1. The molecular weight excluding hydrogens is 416 g/mol. The van der Waals surface area contributed by atoms with Crippen molar-refractivity contribution in [3.05, 3.63) is 54.1 Å². The van der Waals surface area contributed by atoms with Crippen LogP contribution in [0.2, 0.25) is 0 Å². The van der Waals surface area contributed by atoms with Gasteiger partial charge in [-0.05, 0) is 61.9 Å². The molecule has 2 atom stereocenters. The number of ether oxygens (including phenoxy) is 2. The van der Waals surface area contributed by atoms with Gasteiger partial charge >= 0.3 is 0 Å². The molecule has 0 saturated heterocycles. The fourth-order valence-corrected chi connectivity index (χ4v) is 4.90. The second-order valence-corrected chi connectivity index (χ2v) is 9.93. The Kier molecular flexibility index (Phi) is 8.47. The smallest absolute Gasteiger partial charge is 0.239 e. The van der Waals surface area contributed by atoms with Crippen LogP contribution < -0.4 is 20.5 Å². The number of hydrogen-bond acceptors (Lipinski definition) is 6. The fraction of sp³-hybridized carbons (Fsp3) is 0.435. The molecular formula is C23H32N2O5S. The molecule has 0 bridgehead atoms. The highest BCUT2D eigenvalue weighted by atomic mass is 32.2. The van der Waals surface area contributed by atoms with Gasteiger partial charge in [0.1, 0.15) is 17.7 Å². The first-order valence-corrected chi connectivity index (χ1v) is 11.8. The molecule has 0 heterocycles. The predicted octanol–water partition coefficient (Wildman–Crippen LogP) is 3.07. The molecule has 1 amide bonds. The zero-order chi connectivity index (χ0) is 23.1. The average molecular weight is 449 g/mol. The Labute approximate surface area is 184 Å². The number of methoxy groups -OCH3 is 1. The van der Waals surface area contributed by atoms with Gasteiger partial charge in [0.2, 0.25) is 5.91 Å². The van der Waals surface area contributed by atoms with Crippen molar-refractivity contribution in [2.75, 3.05) is 13.7 Å². The van der Waals surface area contributed by atoms with E-state index in [0.717, 1.165) is 19.4 Å². The summed E-state index contributed by atoms with van der Waals surface area (Å²) in [5.74, 6) is 0.287. The minimum Gasteiger partial charge on any atom is -0.497 e. The maximum Gasteiger partial charge on any atom is 0.239 e. The third kappa shape index (κ3) is 5.77. The van der Waals surface area contributed by atoms with E-state index in [1.54, 1.807) is 24.3 Å². The van der Waals surface area contributed by atoms with Crippen molar-refractivity contribution >= 4 is 15.7 Å². The van der Waals surface area contributed by atoms with Gasteiger partial charge in [-0.15, -0.1) is 0 Å². The maximum atomic E-state index is 13.3. The molecule has 0 fully saturated rings. The number of hydrogen-bond donors (Lipinski definition) is 2. The van der Waals surface area contributed by atoms with E-state index in [1.807, 2.05) is 6.92 Å². The Morgan fingerprint density at radius 3 is 2.13 bits per heavy atom. The molecule has 0 aliphatic rings. The highest BCUT2D eigenvalue weighted by Crippen LogP contribution is 2.31. The molecule has 7 nitrogen and oxygen atoms in total. The van der Waals surface area contributed by atoms with Crippen LogP contribution in [0.4, 0.5) is 0 Å². The monoisotopic (exact) mass is 448 g/mol. The quantitative estimate of drug-likeness (QED) is 0.483. The predicted molar refractivity (Wildman–Crippen MR) is 121 cm³/mol. The van der Waals surface area contributed by atoms with Crippen molar-refractivity contribution in [1.82, 2.24) is 5.32 Å². The molecule has 0 spiro atoms. The maximum absolute atomic E-state index is 13.3. The number of sulfone groups is 1. The molecule has 2 aromatic rings. The number of rotatable bonds is 12. The summed E-state index contributed by atoms with van der Waals surface area (Å²) in [5, 5.41) is 3.27. The van der Waals surface area contributed by atoms with E-state index >= 15 is 0 Å². The fourth-order valence-electron chi connectivity index (χ4n) is 3.26. The minimum absolute atomic E-state index is 0.0163. The molecule has 8 heteroatoms. The summed E-state index contributed by atoms with van der Waals surface area (Å²) < 4.78 is 35.8. The molecule has 31 heavy (non-hydrogen) atoms. The van der Waals surface area contributed by atoms with Crippen molar-refractivity contribution in [2.24, 2.45) is 5.73 Å². The van der Waals surface area contributed by atoms with Crippen LogP contribution in [-0.2, 0) is 21.1 Å². The zero-order valence-corrected chi connectivity index (χ0v) is 19.4. The molecule has 2 unspecified atom stereocenters. The number of benzene rings is 2. The van der Waals surface area contributed by atoms with E-state index in [9.17, 15) is 13.2 Å².